The SMILES string of the molecule is Cc1cc(C(=O)N(CCCc2ccccc2)Cc2ccc(CCC(=O)O)cc2)cc(C)c1O. The van der Waals surface area contributed by atoms with Crippen LogP contribution in [0.2, 0.25) is 0 Å². The van der Waals surface area contributed by atoms with Crippen molar-refractivity contribution in [3.05, 3.63) is 100 Å². The molecule has 0 unspecified atom stereocenters. The minimum absolute atomic E-state index is 0.0655. The van der Waals surface area contributed by atoms with Crippen molar-refractivity contribution < 1.29 is 19.8 Å². The lowest BCUT2D eigenvalue weighted by Crippen LogP contribution is -2.32. The number of rotatable bonds is 10. The third-order valence-electron chi connectivity index (χ3n) is 5.79. The highest BCUT2D eigenvalue weighted by Crippen LogP contribution is 2.24. The van der Waals surface area contributed by atoms with Crippen molar-refractivity contribution in [3.8, 4) is 5.75 Å². The Bertz CT molecular complexity index is 1070. The number of aliphatic carboxylic acids is 1. The fraction of sp³-hybridized carbons (Fsp3) is 0.286. The zero-order chi connectivity index (χ0) is 23.8. The molecule has 1 amide bonds. The summed E-state index contributed by atoms with van der Waals surface area (Å²) in [7, 11) is 0. The maximum absolute atomic E-state index is 13.4. The van der Waals surface area contributed by atoms with Gasteiger partial charge in [-0.1, -0.05) is 54.6 Å². The van der Waals surface area contributed by atoms with Crippen molar-refractivity contribution in [3.63, 3.8) is 0 Å². The largest absolute Gasteiger partial charge is 0.507 e. The summed E-state index contributed by atoms with van der Waals surface area (Å²) >= 11 is 0. The molecule has 0 fully saturated rings. The van der Waals surface area contributed by atoms with Gasteiger partial charge in [-0.15, -0.1) is 0 Å². The van der Waals surface area contributed by atoms with E-state index in [2.05, 4.69) is 12.1 Å². The van der Waals surface area contributed by atoms with Crippen LogP contribution in [-0.2, 0) is 24.2 Å². The average Bonchev–Trinajstić information content (AvgIpc) is 2.81. The summed E-state index contributed by atoms with van der Waals surface area (Å²) in [6, 6.07) is 21.5. The van der Waals surface area contributed by atoms with Gasteiger partial charge in [-0.2, -0.15) is 0 Å². The Morgan fingerprint density at radius 1 is 0.818 bits per heavy atom. The number of aryl methyl sites for hydroxylation is 4. The lowest BCUT2D eigenvalue weighted by Gasteiger charge is -2.24. The number of phenols is 1. The number of carbonyl (C=O) groups is 2. The van der Waals surface area contributed by atoms with E-state index in [-0.39, 0.29) is 18.1 Å². The number of aromatic hydroxyl groups is 1. The lowest BCUT2D eigenvalue weighted by atomic mass is 10.0. The summed E-state index contributed by atoms with van der Waals surface area (Å²) in [4.78, 5) is 26.1. The predicted octanol–water partition coefficient (Wildman–Crippen LogP) is 5.30. The molecule has 3 rings (SSSR count). The highest BCUT2D eigenvalue weighted by Gasteiger charge is 2.18. The first-order valence-electron chi connectivity index (χ1n) is 11.3. The number of nitrogens with zero attached hydrogens (tertiary/aromatic N) is 1. The number of carbonyl (C=O) groups excluding carboxylic acids is 1. The second kappa shape index (κ2) is 11.3. The van der Waals surface area contributed by atoms with Crippen molar-refractivity contribution in [2.75, 3.05) is 6.54 Å². The van der Waals surface area contributed by atoms with Gasteiger partial charge < -0.3 is 15.1 Å². The third kappa shape index (κ3) is 6.94. The van der Waals surface area contributed by atoms with Crippen LogP contribution in [0.5, 0.6) is 5.75 Å². The molecular formula is C28H31NO4. The highest BCUT2D eigenvalue weighted by atomic mass is 16.4. The molecule has 0 bridgehead atoms. The van der Waals surface area contributed by atoms with E-state index in [0.29, 0.717) is 36.2 Å². The molecule has 0 spiro atoms. The molecule has 0 atom stereocenters. The van der Waals surface area contributed by atoms with Crippen LogP contribution >= 0.6 is 0 Å². The second-order valence-corrected chi connectivity index (χ2v) is 8.48. The first-order chi connectivity index (χ1) is 15.8. The Balaban J connectivity index is 1.75. The molecule has 3 aromatic rings. The molecule has 0 aromatic heterocycles. The van der Waals surface area contributed by atoms with Gasteiger partial charge in [0.2, 0.25) is 0 Å². The standard InChI is InChI=1S/C28H31NO4/c1-20-17-25(18-21(2)27(20)32)28(33)29(16-6-9-22-7-4-3-5-8-22)19-24-12-10-23(11-13-24)14-15-26(30)31/h3-5,7-8,10-13,17-18,32H,6,9,14-16,19H2,1-2H3,(H,30,31). The predicted molar refractivity (Wildman–Crippen MR) is 129 cm³/mol. The molecule has 3 aromatic carbocycles. The van der Waals surface area contributed by atoms with Crippen LogP contribution in [0.4, 0.5) is 0 Å². The molecule has 172 valence electrons. The molecule has 2 N–H and O–H groups in total. The summed E-state index contributed by atoms with van der Waals surface area (Å²) in [6.45, 7) is 4.67. The van der Waals surface area contributed by atoms with E-state index in [1.807, 2.05) is 47.4 Å². The average molecular weight is 446 g/mol. The lowest BCUT2D eigenvalue weighted by molar-refractivity contribution is -0.136. The van der Waals surface area contributed by atoms with Crippen molar-refractivity contribution in [1.29, 1.82) is 0 Å². The Hall–Kier alpha value is -3.60. The Labute approximate surface area is 195 Å². The number of hydrogen-bond acceptors (Lipinski definition) is 3. The van der Waals surface area contributed by atoms with Gasteiger partial charge in [-0.05, 0) is 73.1 Å². The van der Waals surface area contributed by atoms with Crippen LogP contribution < -0.4 is 0 Å². The Morgan fingerprint density at radius 2 is 1.39 bits per heavy atom. The van der Waals surface area contributed by atoms with Crippen LogP contribution in [0.25, 0.3) is 0 Å². The molecule has 5 heteroatoms. The number of amides is 1. The summed E-state index contributed by atoms with van der Waals surface area (Å²) < 4.78 is 0. The molecular weight excluding hydrogens is 414 g/mol. The van der Waals surface area contributed by atoms with Gasteiger partial charge in [0.1, 0.15) is 5.75 Å². The third-order valence-corrected chi connectivity index (χ3v) is 5.79. The van der Waals surface area contributed by atoms with Crippen LogP contribution in [0.3, 0.4) is 0 Å². The maximum atomic E-state index is 13.4. The van der Waals surface area contributed by atoms with Gasteiger partial charge in [0.05, 0.1) is 0 Å². The number of carboxylic acid groups (broad SMARTS) is 1. The van der Waals surface area contributed by atoms with Crippen LogP contribution in [0.1, 0.15) is 51.0 Å². The van der Waals surface area contributed by atoms with Gasteiger partial charge in [0.15, 0.2) is 0 Å². The Kier molecular flexibility index (Phi) is 8.25. The smallest absolute Gasteiger partial charge is 0.303 e. The van der Waals surface area contributed by atoms with Gasteiger partial charge in [0, 0.05) is 25.1 Å². The summed E-state index contributed by atoms with van der Waals surface area (Å²) in [5, 5.41) is 19.0. The summed E-state index contributed by atoms with van der Waals surface area (Å²) in [5.41, 5.74) is 5.14. The molecule has 5 nitrogen and oxygen atoms in total. The minimum Gasteiger partial charge on any atom is -0.507 e. The van der Waals surface area contributed by atoms with Gasteiger partial charge in [-0.3, -0.25) is 9.59 Å². The van der Waals surface area contributed by atoms with Crippen LogP contribution in [-0.4, -0.2) is 33.5 Å². The number of phenolic OH excluding ortho intramolecular Hbond substituents is 1. The molecule has 0 heterocycles. The van der Waals surface area contributed by atoms with Gasteiger partial charge in [0.25, 0.3) is 5.91 Å². The van der Waals surface area contributed by atoms with E-state index < -0.39 is 5.97 Å². The van der Waals surface area contributed by atoms with Crippen molar-refractivity contribution >= 4 is 11.9 Å². The highest BCUT2D eigenvalue weighted by molar-refractivity contribution is 5.95. The summed E-state index contributed by atoms with van der Waals surface area (Å²) in [5.74, 6) is -0.655. The Morgan fingerprint density at radius 3 is 2.00 bits per heavy atom. The zero-order valence-corrected chi connectivity index (χ0v) is 19.3. The van der Waals surface area contributed by atoms with Crippen molar-refractivity contribution in [2.45, 2.75) is 46.1 Å². The summed E-state index contributed by atoms with van der Waals surface area (Å²) in [6.07, 6.45) is 2.30. The zero-order valence-electron chi connectivity index (χ0n) is 19.3. The fourth-order valence-electron chi connectivity index (χ4n) is 3.92. The van der Waals surface area contributed by atoms with Gasteiger partial charge >= 0.3 is 5.97 Å². The molecule has 0 radical (unpaired) electrons. The van der Waals surface area contributed by atoms with E-state index >= 15 is 0 Å². The molecule has 33 heavy (non-hydrogen) atoms. The normalized spacial score (nSPS) is 10.7. The second-order valence-electron chi connectivity index (χ2n) is 8.48. The molecule has 0 aliphatic carbocycles. The minimum atomic E-state index is -0.811. The van der Waals surface area contributed by atoms with Crippen LogP contribution in [0, 0.1) is 13.8 Å². The van der Waals surface area contributed by atoms with E-state index in [4.69, 9.17) is 5.11 Å². The fourth-order valence-corrected chi connectivity index (χ4v) is 3.92. The maximum Gasteiger partial charge on any atom is 0.303 e. The molecule has 0 saturated carbocycles. The molecule has 0 saturated heterocycles. The molecule has 0 aliphatic rings. The monoisotopic (exact) mass is 445 g/mol. The number of hydrogen-bond donors (Lipinski definition) is 2. The number of carboxylic acids is 1. The van der Waals surface area contributed by atoms with Crippen molar-refractivity contribution in [2.24, 2.45) is 0 Å². The topological polar surface area (TPSA) is 77.8 Å². The van der Waals surface area contributed by atoms with Crippen LogP contribution in [0.15, 0.2) is 66.7 Å². The van der Waals surface area contributed by atoms with E-state index in [0.717, 1.165) is 24.0 Å². The van der Waals surface area contributed by atoms with E-state index in [1.54, 1.807) is 26.0 Å². The molecule has 0 aliphatic heterocycles. The van der Waals surface area contributed by atoms with E-state index in [9.17, 15) is 14.7 Å². The number of benzene rings is 3. The first-order valence-corrected chi connectivity index (χ1v) is 11.3. The van der Waals surface area contributed by atoms with Crippen molar-refractivity contribution in [1.82, 2.24) is 4.90 Å². The van der Waals surface area contributed by atoms with Gasteiger partial charge in [-0.25, -0.2) is 0 Å². The quantitative estimate of drug-likeness (QED) is 0.444. The van der Waals surface area contributed by atoms with E-state index in [1.165, 1.54) is 5.56 Å². The first kappa shape index (κ1) is 24.1.